The fourth-order valence-corrected chi connectivity index (χ4v) is 2.58. The van der Waals surface area contributed by atoms with Gasteiger partial charge in [-0.1, -0.05) is 18.2 Å². The molecule has 3 aromatic rings. The number of hydrogen-bond donors (Lipinski definition) is 3. The number of benzene rings is 2. The highest BCUT2D eigenvalue weighted by atomic mass is 79.9. The van der Waals surface area contributed by atoms with Crippen molar-refractivity contribution in [2.75, 3.05) is 0 Å². The number of nitrogens with zero attached hydrogens (tertiary/aromatic N) is 2. The number of hydrogen-bond acceptors (Lipinski definition) is 4. The fourth-order valence-electron chi connectivity index (χ4n) is 2.15. The van der Waals surface area contributed by atoms with Gasteiger partial charge in [0.25, 0.3) is 11.8 Å². The van der Waals surface area contributed by atoms with E-state index >= 15 is 0 Å². The number of aromatic hydroxyl groups is 1. The molecule has 0 fully saturated rings. The van der Waals surface area contributed by atoms with Crippen molar-refractivity contribution in [1.82, 2.24) is 20.6 Å². The minimum Gasteiger partial charge on any atom is -0.504 e. The van der Waals surface area contributed by atoms with Crippen LogP contribution in [0.5, 0.6) is 5.75 Å². The summed E-state index contributed by atoms with van der Waals surface area (Å²) in [6.45, 7) is 0. The quantitative estimate of drug-likeness (QED) is 0.569. The first-order chi connectivity index (χ1) is 12.5. The molecule has 7 nitrogen and oxygen atoms in total. The van der Waals surface area contributed by atoms with Gasteiger partial charge in [0.15, 0.2) is 11.4 Å². The van der Waals surface area contributed by atoms with Crippen LogP contribution in [0.15, 0.2) is 59.2 Å². The van der Waals surface area contributed by atoms with Gasteiger partial charge < -0.3 is 5.11 Å². The minimum atomic E-state index is -0.821. The second-order valence-electron chi connectivity index (χ2n) is 5.18. The normalized spacial score (nSPS) is 10.4. The van der Waals surface area contributed by atoms with Crippen LogP contribution in [0, 0.1) is 5.82 Å². The van der Waals surface area contributed by atoms with Gasteiger partial charge in [0.1, 0.15) is 5.82 Å². The van der Waals surface area contributed by atoms with Crippen LogP contribution in [0.4, 0.5) is 4.39 Å². The van der Waals surface area contributed by atoms with E-state index in [0.29, 0.717) is 10.2 Å². The van der Waals surface area contributed by atoms with E-state index in [9.17, 15) is 19.1 Å². The lowest BCUT2D eigenvalue weighted by Crippen LogP contribution is -2.42. The summed E-state index contributed by atoms with van der Waals surface area (Å²) in [6.07, 6.45) is 1.27. The molecule has 3 N–H and O–H groups in total. The average Bonchev–Trinajstić information content (AvgIpc) is 3.04. The van der Waals surface area contributed by atoms with E-state index in [1.54, 1.807) is 24.3 Å². The Morgan fingerprint density at radius 2 is 1.77 bits per heavy atom. The molecule has 0 radical (unpaired) electrons. The molecule has 0 saturated heterocycles. The number of hydrazine groups is 1. The van der Waals surface area contributed by atoms with Crippen molar-refractivity contribution in [2.24, 2.45) is 0 Å². The molecule has 1 heterocycles. The summed E-state index contributed by atoms with van der Waals surface area (Å²) < 4.78 is 14.9. The van der Waals surface area contributed by atoms with Crippen LogP contribution in [0.25, 0.3) is 5.69 Å². The Hall–Kier alpha value is -3.20. The van der Waals surface area contributed by atoms with Gasteiger partial charge in [-0.2, -0.15) is 5.10 Å². The number of rotatable bonds is 3. The Morgan fingerprint density at radius 1 is 1.08 bits per heavy atom. The van der Waals surface area contributed by atoms with Crippen molar-refractivity contribution < 1.29 is 19.1 Å². The number of amides is 2. The van der Waals surface area contributed by atoms with Crippen LogP contribution in [0.1, 0.15) is 20.8 Å². The smallest absolute Gasteiger partial charge is 0.294 e. The zero-order chi connectivity index (χ0) is 18.7. The summed E-state index contributed by atoms with van der Waals surface area (Å²) >= 11 is 3.13. The molecule has 0 aliphatic rings. The molecule has 132 valence electrons. The predicted molar refractivity (Wildman–Crippen MR) is 94.3 cm³/mol. The number of nitrogens with one attached hydrogen (secondary N) is 2. The minimum absolute atomic E-state index is 0.00402. The number of carbonyl (C=O) groups excluding carboxylic acids is 2. The highest BCUT2D eigenvalue weighted by Crippen LogP contribution is 2.19. The Balaban J connectivity index is 1.72. The molecule has 2 amide bonds. The lowest BCUT2D eigenvalue weighted by Gasteiger charge is -2.07. The van der Waals surface area contributed by atoms with Crippen LogP contribution in [-0.2, 0) is 0 Å². The van der Waals surface area contributed by atoms with Crippen LogP contribution < -0.4 is 10.9 Å². The third-order valence-corrected chi connectivity index (χ3v) is 4.08. The van der Waals surface area contributed by atoms with Gasteiger partial charge in [0, 0.05) is 4.47 Å². The van der Waals surface area contributed by atoms with Gasteiger partial charge in [-0.3, -0.25) is 20.4 Å². The van der Waals surface area contributed by atoms with Crippen LogP contribution in [0.3, 0.4) is 0 Å². The molecule has 0 aliphatic heterocycles. The number of aromatic nitrogens is 2. The number of para-hydroxylation sites is 1. The predicted octanol–water partition coefficient (Wildman–Crippen LogP) is 2.55. The largest absolute Gasteiger partial charge is 0.504 e. The van der Waals surface area contributed by atoms with Crippen molar-refractivity contribution in [3.05, 3.63) is 76.3 Å². The second kappa shape index (κ2) is 7.36. The van der Waals surface area contributed by atoms with E-state index in [-0.39, 0.29) is 17.0 Å². The Bertz CT molecular complexity index is 975. The standard InChI is InChI=1S/C17H12BrFN4O3/c18-13-7-6-10(19)8-12(13)16(25)20-21-17(26)15-14(24)9-23(22-15)11-4-2-1-3-5-11/h1-9,24H,(H,20,25)(H,21,26). The van der Waals surface area contributed by atoms with Gasteiger partial charge in [-0.15, -0.1) is 0 Å². The Kier molecular flexibility index (Phi) is 4.99. The van der Waals surface area contributed by atoms with Crippen LogP contribution >= 0.6 is 15.9 Å². The zero-order valence-corrected chi connectivity index (χ0v) is 14.7. The highest BCUT2D eigenvalue weighted by molar-refractivity contribution is 9.10. The number of halogens is 2. The number of carbonyl (C=O) groups is 2. The van der Waals surface area contributed by atoms with E-state index in [1.165, 1.54) is 23.0 Å². The van der Waals surface area contributed by atoms with E-state index in [1.807, 2.05) is 6.07 Å². The maximum atomic E-state index is 13.3. The Morgan fingerprint density at radius 3 is 2.50 bits per heavy atom. The molecule has 3 rings (SSSR count). The average molecular weight is 419 g/mol. The van der Waals surface area contributed by atoms with Crippen molar-refractivity contribution in [2.45, 2.75) is 0 Å². The highest BCUT2D eigenvalue weighted by Gasteiger charge is 2.19. The molecule has 0 unspecified atom stereocenters. The molecule has 0 aliphatic carbocycles. The van der Waals surface area contributed by atoms with Crippen molar-refractivity contribution in [1.29, 1.82) is 0 Å². The first-order valence-corrected chi connectivity index (χ1v) is 8.15. The topological polar surface area (TPSA) is 96.3 Å². The fraction of sp³-hybridized carbons (Fsp3) is 0. The zero-order valence-electron chi connectivity index (χ0n) is 13.1. The van der Waals surface area contributed by atoms with E-state index in [2.05, 4.69) is 31.9 Å². The molecule has 9 heteroatoms. The molecule has 0 atom stereocenters. The maximum Gasteiger partial charge on any atom is 0.294 e. The Labute approximate surface area is 155 Å². The van der Waals surface area contributed by atoms with Gasteiger partial charge >= 0.3 is 0 Å². The molecule has 0 saturated carbocycles. The van der Waals surface area contributed by atoms with Gasteiger partial charge in [0.2, 0.25) is 0 Å². The summed E-state index contributed by atoms with van der Waals surface area (Å²) in [5, 5.41) is 13.9. The molecule has 26 heavy (non-hydrogen) atoms. The maximum absolute atomic E-state index is 13.3. The third-order valence-electron chi connectivity index (χ3n) is 3.39. The molecule has 1 aromatic heterocycles. The summed E-state index contributed by atoms with van der Waals surface area (Å²) in [6, 6.07) is 12.5. The molecule has 0 spiro atoms. The van der Waals surface area contributed by atoms with Crippen molar-refractivity contribution in [3.8, 4) is 11.4 Å². The molecule has 0 bridgehead atoms. The van der Waals surface area contributed by atoms with E-state index < -0.39 is 17.6 Å². The van der Waals surface area contributed by atoms with Gasteiger partial charge in [-0.25, -0.2) is 9.07 Å². The molecular weight excluding hydrogens is 407 g/mol. The first kappa shape index (κ1) is 17.6. The summed E-state index contributed by atoms with van der Waals surface area (Å²) in [5.41, 5.74) is 4.66. The van der Waals surface area contributed by atoms with Gasteiger partial charge in [0.05, 0.1) is 17.4 Å². The van der Waals surface area contributed by atoms with E-state index in [4.69, 9.17) is 0 Å². The monoisotopic (exact) mass is 418 g/mol. The second-order valence-corrected chi connectivity index (χ2v) is 6.03. The summed E-state index contributed by atoms with van der Waals surface area (Å²) in [4.78, 5) is 24.2. The summed E-state index contributed by atoms with van der Waals surface area (Å²) in [5.74, 6) is -2.50. The van der Waals surface area contributed by atoms with Crippen LogP contribution in [-0.4, -0.2) is 26.7 Å². The molecular formula is C17H12BrFN4O3. The van der Waals surface area contributed by atoms with Crippen LogP contribution in [0.2, 0.25) is 0 Å². The SMILES string of the molecule is O=C(NNC(=O)c1nn(-c2ccccc2)cc1O)c1cc(F)ccc1Br. The molecule has 2 aromatic carbocycles. The third kappa shape index (κ3) is 3.72. The van der Waals surface area contributed by atoms with Crippen molar-refractivity contribution >= 4 is 27.7 Å². The van der Waals surface area contributed by atoms with Crippen molar-refractivity contribution in [3.63, 3.8) is 0 Å². The van der Waals surface area contributed by atoms with Gasteiger partial charge in [-0.05, 0) is 46.3 Å². The lowest BCUT2D eigenvalue weighted by atomic mass is 10.2. The summed E-state index contributed by atoms with van der Waals surface area (Å²) in [7, 11) is 0. The van der Waals surface area contributed by atoms with E-state index in [0.717, 1.165) is 6.07 Å². The first-order valence-electron chi connectivity index (χ1n) is 7.35. The lowest BCUT2D eigenvalue weighted by molar-refractivity contribution is 0.0841.